The van der Waals surface area contributed by atoms with Gasteiger partial charge in [0.15, 0.2) is 0 Å². The van der Waals surface area contributed by atoms with Crippen molar-refractivity contribution in [2.24, 2.45) is 5.41 Å². The van der Waals surface area contributed by atoms with Gasteiger partial charge in [-0.1, -0.05) is 41.0 Å². The highest BCUT2D eigenvalue weighted by Gasteiger charge is 2.49. The van der Waals surface area contributed by atoms with E-state index in [0.29, 0.717) is 0 Å². The van der Waals surface area contributed by atoms with Crippen LogP contribution in [0.3, 0.4) is 0 Å². The van der Waals surface area contributed by atoms with Gasteiger partial charge in [-0.25, -0.2) is 0 Å². The molecule has 1 aliphatic heterocycles. The van der Waals surface area contributed by atoms with Crippen LogP contribution in [0.15, 0.2) is 0 Å². The zero-order valence-electron chi connectivity index (χ0n) is 13.1. The summed E-state index contributed by atoms with van der Waals surface area (Å²) in [6.45, 7) is 15.1. The Morgan fingerprint density at radius 2 is 1.94 bits per heavy atom. The van der Waals surface area contributed by atoms with E-state index in [4.69, 9.17) is 0 Å². The van der Waals surface area contributed by atoms with Gasteiger partial charge in [-0.15, -0.1) is 0 Å². The summed E-state index contributed by atoms with van der Waals surface area (Å²) in [6.07, 6.45) is 3.17. The molecule has 3 unspecified atom stereocenters. The summed E-state index contributed by atoms with van der Waals surface area (Å²) in [5, 5.41) is 3.55. The number of amides is 1. The van der Waals surface area contributed by atoms with Crippen LogP contribution in [0, 0.1) is 5.41 Å². The molecule has 1 saturated heterocycles. The maximum absolute atomic E-state index is 12.7. The van der Waals surface area contributed by atoms with Crippen molar-refractivity contribution in [3.63, 3.8) is 0 Å². The lowest BCUT2D eigenvalue weighted by Gasteiger charge is -2.38. The summed E-state index contributed by atoms with van der Waals surface area (Å²) in [4.78, 5) is 14.8. The molecule has 1 aliphatic rings. The summed E-state index contributed by atoms with van der Waals surface area (Å²) < 4.78 is 0. The molecule has 0 radical (unpaired) electrons. The number of nitrogens with zero attached hydrogens (tertiary/aromatic N) is 1. The molecular weight excluding hydrogens is 224 g/mol. The van der Waals surface area contributed by atoms with Gasteiger partial charge in [-0.2, -0.15) is 0 Å². The molecule has 0 aromatic rings. The first-order chi connectivity index (χ1) is 8.17. The molecule has 0 aliphatic carbocycles. The summed E-state index contributed by atoms with van der Waals surface area (Å²) in [6, 6.07) is 0.252. The standard InChI is InChI=1S/C15H30N2O/c1-8-10-12-16-15(7,9-2)13(18)17(12)11(3)14(4,5)6/h11-12,16H,8-10H2,1-7H3. The van der Waals surface area contributed by atoms with E-state index in [0.717, 1.165) is 19.3 Å². The summed E-state index contributed by atoms with van der Waals surface area (Å²) >= 11 is 0. The maximum atomic E-state index is 12.7. The third-order valence-corrected chi connectivity index (χ3v) is 4.47. The fourth-order valence-corrected chi connectivity index (χ4v) is 2.53. The van der Waals surface area contributed by atoms with Crippen molar-refractivity contribution in [3.8, 4) is 0 Å². The number of hydrogen-bond donors (Lipinski definition) is 1. The average Bonchev–Trinajstić information content (AvgIpc) is 2.51. The van der Waals surface area contributed by atoms with Crippen molar-refractivity contribution in [2.45, 2.75) is 85.5 Å². The van der Waals surface area contributed by atoms with E-state index >= 15 is 0 Å². The molecule has 1 fully saturated rings. The molecule has 0 saturated carbocycles. The van der Waals surface area contributed by atoms with Gasteiger partial charge in [0.25, 0.3) is 0 Å². The zero-order valence-corrected chi connectivity index (χ0v) is 13.1. The first-order valence-electron chi connectivity index (χ1n) is 7.27. The first-order valence-corrected chi connectivity index (χ1v) is 7.27. The number of hydrogen-bond acceptors (Lipinski definition) is 2. The molecule has 106 valence electrons. The van der Waals surface area contributed by atoms with Crippen LogP contribution in [0.5, 0.6) is 0 Å². The third kappa shape index (κ3) is 2.71. The highest BCUT2D eigenvalue weighted by molar-refractivity contribution is 5.88. The van der Waals surface area contributed by atoms with Crippen molar-refractivity contribution in [1.29, 1.82) is 0 Å². The minimum atomic E-state index is -0.376. The lowest BCUT2D eigenvalue weighted by atomic mass is 9.86. The van der Waals surface area contributed by atoms with Gasteiger partial charge in [0.2, 0.25) is 5.91 Å². The minimum absolute atomic E-state index is 0.113. The average molecular weight is 254 g/mol. The molecular formula is C15H30N2O. The summed E-state index contributed by atoms with van der Waals surface area (Å²) in [5.41, 5.74) is -0.262. The van der Waals surface area contributed by atoms with E-state index in [-0.39, 0.29) is 29.1 Å². The van der Waals surface area contributed by atoms with Crippen LogP contribution < -0.4 is 5.32 Å². The molecule has 0 aromatic heterocycles. The number of carbonyl (C=O) groups excluding carboxylic acids is 1. The Hall–Kier alpha value is -0.570. The summed E-state index contributed by atoms with van der Waals surface area (Å²) in [5.74, 6) is 0.269. The quantitative estimate of drug-likeness (QED) is 0.836. The lowest BCUT2D eigenvalue weighted by Crippen LogP contribution is -2.49. The molecule has 1 N–H and O–H groups in total. The number of rotatable bonds is 4. The van der Waals surface area contributed by atoms with Crippen LogP contribution in [-0.2, 0) is 4.79 Å². The first kappa shape index (κ1) is 15.5. The Morgan fingerprint density at radius 3 is 2.33 bits per heavy atom. The maximum Gasteiger partial charge on any atom is 0.244 e. The fraction of sp³-hybridized carbons (Fsp3) is 0.933. The SMILES string of the molecule is CCCC1NC(C)(CC)C(=O)N1C(C)C(C)(C)C. The highest BCUT2D eigenvalue weighted by Crippen LogP contribution is 2.33. The fourth-order valence-electron chi connectivity index (χ4n) is 2.53. The van der Waals surface area contributed by atoms with Gasteiger partial charge < -0.3 is 4.90 Å². The topological polar surface area (TPSA) is 32.3 Å². The Labute approximate surface area is 112 Å². The minimum Gasteiger partial charge on any atom is -0.322 e. The van der Waals surface area contributed by atoms with Crippen LogP contribution >= 0.6 is 0 Å². The van der Waals surface area contributed by atoms with E-state index in [1.54, 1.807) is 0 Å². The Balaban J connectivity index is 3.02. The second-order valence-corrected chi connectivity index (χ2v) is 6.89. The van der Waals surface area contributed by atoms with E-state index in [9.17, 15) is 4.79 Å². The highest BCUT2D eigenvalue weighted by atomic mass is 16.2. The molecule has 0 bridgehead atoms. The monoisotopic (exact) mass is 254 g/mol. The van der Waals surface area contributed by atoms with Gasteiger partial charge in [0.1, 0.15) is 0 Å². The van der Waals surface area contributed by atoms with Crippen LogP contribution in [0.25, 0.3) is 0 Å². The predicted octanol–water partition coefficient (Wildman–Crippen LogP) is 3.15. The summed E-state index contributed by atoms with van der Waals surface area (Å²) in [7, 11) is 0. The third-order valence-electron chi connectivity index (χ3n) is 4.47. The molecule has 3 atom stereocenters. The smallest absolute Gasteiger partial charge is 0.244 e. The second kappa shape index (κ2) is 5.20. The molecule has 3 nitrogen and oxygen atoms in total. The zero-order chi connectivity index (χ0) is 14.1. The van der Waals surface area contributed by atoms with Gasteiger partial charge in [-0.05, 0) is 32.1 Å². The molecule has 0 aromatic carbocycles. The van der Waals surface area contributed by atoms with Gasteiger partial charge in [0, 0.05) is 6.04 Å². The molecule has 18 heavy (non-hydrogen) atoms. The van der Waals surface area contributed by atoms with E-state index in [1.165, 1.54) is 0 Å². The van der Waals surface area contributed by atoms with Gasteiger partial charge in [-0.3, -0.25) is 10.1 Å². The van der Waals surface area contributed by atoms with Crippen molar-refractivity contribution in [1.82, 2.24) is 10.2 Å². The van der Waals surface area contributed by atoms with Crippen molar-refractivity contribution < 1.29 is 4.79 Å². The van der Waals surface area contributed by atoms with E-state index < -0.39 is 0 Å². The molecule has 1 rings (SSSR count). The molecule has 1 heterocycles. The van der Waals surface area contributed by atoms with Crippen LogP contribution in [0.4, 0.5) is 0 Å². The molecule has 1 amide bonds. The van der Waals surface area contributed by atoms with Crippen LogP contribution in [0.2, 0.25) is 0 Å². The van der Waals surface area contributed by atoms with Crippen LogP contribution in [-0.4, -0.2) is 28.6 Å². The van der Waals surface area contributed by atoms with E-state index in [2.05, 4.69) is 51.8 Å². The largest absolute Gasteiger partial charge is 0.322 e. The predicted molar refractivity (Wildman–Crippen MR) is 76.3 cm³/mol. The Kier molecular flexibility index (Phi) is 4.47. The van der Waals surface area contributed by atoms with Crippen LogP contribution in [0.1, 0.15) is 67.7 Å². The van der Waals surface area contributed by atoms with Crippen molar-refractivity contribution >= 4 is 5.91 Å². The van der Waals surface area contributed by atoms with Crippen molar-refractivity contribution in [3.05, 3.63) is 0 Å². The molecule has 3 heteroatoms. The normalized spacial score (nSPS) is 30.9. The van der Waals surface area contributed by atoms with Gasteiger partial charge in [0.05, 0.1) is 11.7 Å². The molecule has 0 spiro atoms. The number of carbonyl (C=O) groups is 1. The lowest BCUT2D eigenvalue weighted by molar-refractivity contribution is -0.137. The Bertz CT molecular complexity index is 308. The second-order valence-electron chi connectivity index (χ2n) is 6.89. The number of nitrogens with one attached hydrogen (secondary N) is 1. The van der Waals surface area contributed by atoms with Gasteiger partial charge >= 0.3 is 0 Å². The van der Waals surface area contributed by atoms with E-state index in [1.807, 2.05) is 6.92 Å². The van der Waals surface area contributed by atoms with Crippen molar-refractivity contribution in [2.75, 3.05) is 0 Å². The Morgan fingerprint density at radius 1 is 1.39 bits per heavy atom.